The number of H-pyrrole nitrogens is 1. The fraction of sp³-hybridized carbons (Fsp3) is 0.385. The summed E-state index contributed by atoms with van der Waals surface area (Å²) in [4.78, 5) is 46.8. The van der Waals surface area contributed by atoms with Crippen LogP contribution in [0.25, 0.3) is 0 Å². The number of aromatic nitrogens is 4. The number of carboxylic acids is 1. The minimum Gasteiger partial charge on any atom is -0.475 e. The number of hydrogen-bond donors (Lipinski definition) is 3. The van der Waals surface area contributed by atoms with E-state index in [4.69, 9.17) is 14.6 Å². The Balaban J connectivity index is 0.000000616. The number of hydrogen-bond acceptors (Lipinski definition) is 8. The molecule has 0 aliphatic carbocycles. The maximum absolute atomic E-state index is 13.8. The second kappa shape index (κ2) is 15.5. The zero-order chi connectivity index (χ0) is 30.5. The first kappa shape index (κ1) is 32.1. The highest BCUT2D eigenvalue weighted by Crippen LogP contribution is 2.21. The third kappa shape index (κ3) is 9.59. The molecule has 1 atom stereocenters. The molecule has 4 rings (SSSR count). The van der Waals surface area contributed by atoms with Crippen molar-refractivity contribution in [3.05, 3.63) is 77.9 Å². The van der Waals surface area contributed by atoms with Gasteiger partial charge in [-0.15, -0.1) is 0 Å². The number of carbonyl (C=O) groups is 3. The number of amides is 2. The Morgan fingerprint density at radius 2 is 1.81 bits per heavy atom. The Labute approximate surface area is 237 Å². The summed E-state index contributed by atoms with van der Waals surface area (Å²) in [5.41, 5.74) is 1.43. The number of nitrogens with one attached hydrogen (secondary N) is 2. The lowest BCUT2D eigenvalue weighted by Crippen LogP contribution is -2.44. The number of benzene rings is 1. The molecule has 2 aromatic heterocycles. The highest BCUT2D eigenvalue weighted by molar-refractivity contribution is 5.92. The molecule has 1 unspecified atom stereocenters. The third-order valence-electron chi connectivity index (χ3n) is 6.00. The van der Waals surface area contributed by atoms with Crippen molar-refractivity contribution in [1.82, 2.24) is 35.3 Å². The first-order valence-corrected chi connectivity index (χ1v) is 12.8. The molecule has 3 heterocycles. The molecule has 1 fully saturated rings. The summed E-state index contributed by atoms with van der Waals surface area (Å²) in [5, 5.41) is 16.1. The summed E-state index contributed by atoms with van der Waals surface area (Å²) >= 11 is 0. The van der Waals surface area contributed by atoms with Crippen LogP contribution in [0.3, 0.4) is 0 Å². The van der Waals surface area contributed by atoms with Crippen LogP contribution in [0, 0.1) is 5.82 Å². The molecule has 1 saturated heterocycles. The van der Waals surface area contributed by atoms with Gasteiger partial charge in [0, 0.05) is 45.1 Å². The lowest BCUT2D eigenvalue weighted by molar-refractivity contribution is -0.192. The Kier molecular flexibility index (Phi) is 11.9. The highest BCUT2D eigenvalue weighted by Gasteiger charge is 2.38. The van der Waals surface area contributed by atoms with E-state index in [0.717, 1.165) is 11.8 Å². The molecule has 42 heavy (non-hydrogen) atoms. The van der Waals surface area contributed by atoms with Gasteiger partial charge in [0.2, 0.25) is 5.91 Å². The predicted molar refractivity (Wildman–Crippen MR) is 138 cm³/mol. The Morgan fingerprint density at radius 1 is 1.07 bits per heavy atom. The highest BCUT2D eigenvalue weighted by atomic mass is 19.4. The van der Waals surface area contributed by atoms with Crippen LogP contribution in [0.15, 0.2) is 55.1 Å². The summed E-state index contributed by atoms with van der Waals surface area (Å²) in [6.45, 7) is 2.94. The SMILES string of the molecule is O=C(NCCOCc1ccccc1)C(c1cnccn1)N1CCCN(C(=O)c2[nH]ncc2F)CC1.O=C(O)C(F)(F)F. The molecule has 0 saturated carbocycles. The molecular formula is C26H29F4N7O5. The van der Waals surface area contributed by atoms with Gasteiger partial charge in [-0.25, -0.2) is 9.18 Å². The Hall–Kier alpha value is -4.44. The van der Waals surface area contributed by atoms with Gasteiger partial charge in [0.1, 0.15) is 6.04 Å². The summed E-state index contributed by atoms with van der Waals surface area (Å²) in [6, 6.07) is 9.15. The van der Waals surface area contributed by atoms with Gasteiger partial charge < -0.3 is 20.1 Å². The topological polar surface area (TPSA) is 154 Å². The summed E-state index contributed by atoms with van der Waals surface area (Å²) in [5.74, 6) is -4.10. The van der Waals surface area contributed by atoms with Crippen LogP contribution in [-0.4, -0.2) is 98.4 Å². The van der Waals surface area contributed by atoms with Gasteiger partial charge in [-0.1, -0.05) is 30.3 Å². The fourth-order valence-corrected chi connectivity index (χ4v) is 4.02. The van der Waals surface area contributed by atoms with Gasteiger partial charge >= 0.3 is 12.1 Å². The van der Waals surface area contributed by atoms with E-state index in [9.17, 15) is 27.2 Å². The minimum atomic E-state index is -5.08. The van der Waals surface area contributed by atoms with Crippen molar-refractivity contribution in [2.24, 2.45) is 0 Å². The molecule has 3 aromatic rings. The lowest BCUT2D eigenvalue weighted by atomic mass is 10.1. The first-order valence-electron chi connectivity index (χ1n) is 12.8. The Bertz CT molecular complexity index is 1290. The molecule has 0 bridgehead atoms. The van der Waals surface area contributed by atoms with Crippen LogP contribution in [0.4, 0.5) is 17.6 Å². The third-order valence-corrected chi connectivity index (χ3v) is 6.00. The molecule has 16 heteroatoms. The van der Waals surface area contributed by atoms with Gasteiger partial charge in [0.15, 0.2) is 11.5 Å². The van der Waals surface area contributed by atoms with Gasteiger partial charge in [-0.05, 0) is 12.0 Å². The summed E-state index contributed by atoms with van der Waals surface area (Å²) in [7, 11) is 0. The number of aromatic amines is 1. The maximum Gasteiger partial charge on any atom is 0.490 e. The van der Waals surface area contributed by atoms with E-state index in [0.29, 0.717) is 58.1 Å². The van der Waals surface area contributed by atoms with E-state index >= 15 is 0 Å². The monoisotopic (exact) mass is 595 g/mol. The molecule has 1 aliphatic heterocycles. The average Bonchev–Trinajstić information content (AvgIpc) is 3.25. The number of carboxylic acid groups (broad SMARTS) is 1. The normalized spacial score (nSPS) is 14.7. The molecule has 1 aromatic carbocycles. The molecule has 3 N–H and O–H groups in total. The van der Waals surface area contributed by atoms with Crippen molar-refractivity contribution in [2.45, 2.75) is 25.2 Å². The molecular weight excluding hydrogens is 566 g/mol. The molecule has 1 aliphatic rings. The largest absolute Gasteiger partial charge is 0.490 e. The lowest BCUT2D eigenvalue weighted by Gasteiger charge is -2.29. The average molecular weight is 596 g/mol. The van der Waals surface area contributed by atoms with Crippen molar-refractivity contribution in [2.75, 3.05) is 39.3 Å². The van der Waals surface area contributed by atoms with Crippen LogP contribution < -0.4 is 5.32 Å². The van der Waals surface area contributed by atoms with E-state index < -0.39 is 29.9 Å². The first-order chi connectivity index (χ1) is 20.1. The zero-order valence-electron chi connectivity index (χ0n) is 22.3. The zero-order valence-corrected chi connectivity index (χ0v) is 22.3. The summed E-state index contributed by atoms with van der Waals surface area (Å²) in [6.07, 6.45) is 1.19. The van der Waals surface area contributed by atoms with Crippen molar-refractivity contribution >= 4 is 17.8 Å². The second-order valence-corrected chi connectivity index (χ2v) is 8.94. The van der Waals surface area contributed by atoms with E-state index in [1.807, 2.05) is 35.2 Å². The quantitative estimate of drug-likeness (QED) is 0.250. The number of aliphatic carboxylic acids is 1. The van der Waals surface area contributed by atoms with Crippen LogP contribution in [0.2, 0.25) is 0 Å². The van der Waals surface area contributed by atoms with Crippen molar-refractivity contribution in [3.63, 3.8) is 0 Å². The number of alkyl halides is 3. The number of nitrogens with zero attached hydrogens (tertiary/aromatic N) is 5. The molecule has 12 nitrogen and oxygen atoms in total. The van der Waals surface area contributed by atoms with Gasteiger partial charge in [0.05, 0.1) is 31.3 Å². The van der Waals surface area contributed by atoms with Crippen LogP contribution >= 0.6 is 0 Å². The van der Waals surface area contributed by atoms with E-state index in [2.05, 4.69) is 25.5 Å². The van der Waals surface area contributed by atoms with Gasteiger partial charge in [0.25, 0.3) is 5.91 Å². The van der Waals surface area contributed by atoms with Gasteiger partial charge in [-0.3, -0.25) is 29.6 Å². The smallest absolute Gasteiger partial charge is 0.475 e. The number of rotatable bonds is 9. The van der Waals surface area contributed by atoms with E-state index in [1.54, 1.807) is 23.5 Å². The van der Waals surface area contributed by atoms with Crippen molar-refractivity contribution in [3.8, 4) is 0 Å². The van der Waals surface area contributed by atoms with Crippen LogP contribution in [0.5, 0.6) is 0 Å². The Morgan fingerprint density at radius 3 is 2.43 bits per heavy atom. The molecule has 0 spiro atoms. The predicted octanol–water partition coefficient (Wildman–Crippen LogP) is 2.19. The number of halogens is 4. The maximum atomic E-state index is 13.8. The second-order valence-electron chi connectivity index (χ2n) is 8.94. The molecule has 0 radical (unpaired) electrons. The molecule has 226 valence electrons. The van der Waals surface area contributed by atoms with Crippen molar-refractivity contribution < 1.29 is 41.8 Å². The van der Waals surface area contributed by atoms with E-state index in [1.165, 1.54) is 0 Å². The van der Waals surface area contributed by atoms with Crippen LogP contribution in [0.1, 0.15) is 34.2 Å². The summed E-state index contributed by atoms with van der Waals surface area (Å²) < 4.78 is 51.2. The standard InChI is InChI=1S/C24H28FN7O3.C2HF3O2/c25-19-15-29-30-21(19)24(34)32-11-4-10-31(12-13-32)22(20-16-26-7-8-27-20)23(33)28-9-14-35-17-18-5-2-1-3-6-18;3-2(4,5)1(6)7/h1-3,5-8,15-16,22H,4,9-14,17H2,(H,28,33)(H,29,30);(H,6,7). The minimum absolute atomic E-state index is 0.155. The van der Waals surface area contributed by atoms with Crippen molar-refractivity contribution in [1.29, 1.82) is 0 Å². The van der Waals surface area contributed by atoms with Crippen LogP contribution in [-0.2, 0) is 20.9 Å². The molecule has 2 amide bonds. The fourth-order valence-electron chi connectivity index (χ4n) is 4.02. The number of ether oxygens (including phenoxy) is 1. The van der Waals surface area contributed by atoms with Gasteiger partial charge in [-0.2, -0.15) is 18.3 Å². The van der Waals surface area contributed by atoms with E-state index in [-0.39, 0.29) is 11.6 Å². The number of carbonyl (C=O) groups excluding carboxylic acids is 2.